The molecule has 0 saturated carbocycles. The van der Waals surface area contributed by atoms with Crippen LogP contribution in [0.5, 0.6) is 0 Å². The summed E-state index contributed by atoms with van der Waals surface area (Å²) in [6.45, 7) is 3.02. The molecule has 0 spiro atoms. The first-order valence-corrected chi connectivity index (χ1v) is 6.29. The molecule has 4 nitrogen and oxygen atoms in total. The Labute approximate surface area is 95.3 Å². The molecular formula is C10H20O4S. The number of thioether (sulfide) groups is 1. The third-order valence-electron chi connectivity index (χ3n) is 1.80. The van der Waals surface area contributed by atoms with Crippen LogP contribution in [-0.4, -0.2) is 49.0 Å². The number of methoxy groups -OCH3 is 1. The highest BCUT2D eigenvalue weighted by Crippen LogP contribution is 2.09. The maximum absolute atomic E-state index is 10.7. The van der Waals surface area contributed by atoms with Crippen molar-refractivity contribution >= 4 is 17.7 Å². The van der Waals surface area contributed by atoms with Crippen LogP contribution in [0.3, 0.4) is 0 Å². The topological polar surface area (TPSA) is 55.8 Å². The van der Waals surface area contributed by atoms with Gasteiger partial charge in [-0.3, -0.25) is 0 Å². The van der Waals surface area contributed by atoms with E-state index in [4.69, 9.17) is 14.6 Å². The van der Waals surface area contributed by atoms with Crippen LogP contribution >= 0.6 is 11.8 Å². The summed E-state index contributed by atoms with van der Waals surface area (Å²) in [5.41, 5.74) is 0. The van der Waals surface area contributed by atoms with Crippen molar-refractivity contribution in [3.63, 3.8) is 0 Å². The van der Waals surface area contributed by atoms with Gasteiger partial charge < -0.3 is 14.6 Å². The molecular weight excluding hydrogens is 216 g/mol. The van der Waals surface area contributed by atoms with E-state index in [-0.39, 0.29) is 0 Å². The van der Waals surface area contributed by atoms with Crippen molar-refractivity contribution in [3.05, 3.63) is 0 Å². The molecule has 0 bridgehead atoms. The normalized spacial score (nSPS) is 12.7. The van der Waals surface area contributed by atoms with Gasteiger partial charge in [0.2, 0.25) is 0 Å². The third kappa shape index (κ3) is 8.72. The number of carbonyl (C=O) groups is 1. The van der Waals surface area contributed by atoms with Crippen molar-refractivity contribution in [1.82, 2.24) is 0 Å². The second-order valence-corrected chi connectivity index (χ2v) is 4.25. The summed E-state index contributed by atoms with van der Waals surface area (Å²) in [4.78, 5) is 10.7. The van der Waals surface area contributed by atoms with E-state index in [2.05, 4.69) is 0 Å². The number of aliphatic carboxylic acids is 1. The monoisotopic (exact) mass is 236 g/mol. The van der Waals surface area contributed by atoms with Gasteiger partial charge in [-0.1, -0.05) is 0 Å². The van der Waals surface area contributed by atoms with E-state index in [9.17, 15) is 4.79 Å². The highest BCUT2D eigenvalue weighted by Gasteiger charge is 2.16. The van der Waals surface area contributed by atoms with E-state index in [0.717, 1.165) is 24.5 Å². The largest absolute Gasteiger partial charge is 0.479 e. The molecule has 0 saturated heterocycles. The molecule has 0 aliphatic rings. The van der Waals surface area contributed by atoms with Crippen LogP contribution in [0.1, 0.15) is 19.8 Å². The number of carboxylic acids is 1. The second-order valence-electron chi connectivity index (χ2n) is 3.03. The molecule has 0 heterocycles. The summed E-state index contributed by atoms with van der Waals surface area (Å²) in [5, 5.41) is 8.79. The quantitative estimate of drug-likeness (QED) is 0.584. The zero-order valence-corrected chi connectivity index (χ0v) is 10.2. The number of carboxylic acid groups (broad SMARTS) is 1. The van der Waals surface area contributed by atoms with Gasteiger partial charge in [-0.2, -0.15) is 11.8 Å². The SMILES string of the molecule is CCOC(CCSCCCOC)C(=O)O. The van der Waals surface area contributed by atoms with Crippen LogP contribution in [0.15, 0.2) is 0 Å². The average molecular weight is 236 g/mol. The first kappa shape index (κ1) is 14.7. The molecule has 0 aliphatic heterocycles. The molecule has 0 fully saturated rings. The van der Waals surface area contributed by atoms with Gasteiger partial charge in [-0.25, -0.2) is 4.79 Å². The van der Waals surface area contributed by atoms with Gasteiger partial charge in [0, 0.05) is 20.3 Å². The molecule has 0 aliphatic carbocycles. The molecule has 0 aromatic carbocycles. The smallest absolute Gasteiger partial charge is 0.332 e. The zero-order chi connectivity index (χ0) is 11.5. The first-order chi connectivity index (χ1) is 7.22. The van der Waals surface area contributed by atoms with E-state index in [1.54, 1.807) is 18.9 Å². The van der Waals surface area contributed by atoms with E-state index in [0.29, 0.717) is 13.0 Å². The zero-order valence-electron chi connectivity index (χ0n) is 9.40. The fourth-order valence-corrected chi connectivity index (χ4v) is 1.98. The van der Waals surface area contributed by atoms with E-state index in [1.807, 2.05) is 6.92 Å². The number of hydrogen-bond acceptors (Lipinski definition) is 4. The maximum atomic E-state index is 10.7. The Hall–Kier alpha value is -0.260. The van der Waals surface area contributed by atoms with E-state index >= 15 is 0 Å². The number of rotatable bonds is 10. The van der Waals surface area contributed by atoms with Crippen molar-refractivity contribution in [3.8, 4) is 0 Å². The van der Waals surface area contributed by atoms with Crippen LogP contribution in [-0.2, 0) is 14.3 Å². The molecule has 0 amide bonds. The van der Waals surface area contributed by atoms with Crippen LogP contribution in [0.25, 0.3) is 0 Å². The van der Waals surface area contributed by atoms with Gasteiger partial charge in [0.05, 0.1) is 0 Å². The van der Waals surface area contributed by atoms with Crippen molar-refractivity contribution in [2.75, 3.05) is 31.8 Å². The van der Waals surface area contributed by atoms with Crippen molar-refractivity contribution in [2.45, 2.75) is 25.9 Å². The Morgan fingerprint density at radius 3 is 2.73 bits per heavy atom. The van der Waals surface area contributed by atoms with Crippen molar-refractivity contribution < 1.29 is 19.4 Å². The first-order valence-electron chi connectivity index (χ1n) is 5.13. The van der Waals surface area contributed by atoms with E-state index < -0.39 is 12.1 Å². The van der Waals surface area contributed by atoms with Crippen LogP contribution in [0, 0.1) is 0 Å². The number of ether oxygens (including phenoxy) is 2. The lowest BCUT2D eigenvalue weighted by molar-refractivity contribution is -0.150. The maximum Gasteiger partial charge on any atom is 0.332 e. The van der Waals surface area contributed by atoms with Gasteiger partial charge in [0.25, 0.3) is 0 Å². The van der Waals surface area contributed by atoms with Gasteiger partial charge in [0.15, 0.2) is 6.10 Å². The number of hydrogen-bond donors (Lipinski definition) is 1. The molecule has 5 heteroatoms. The standard InChI is InChI=1S/C10H20O4S/c1-3-14-9(10(11)12)5-8-15-7-4-6-13-2/h9H,3-8H2,1-2H3,(H,11,12). The third-order valence-corrected chi connectivity index (χ3v) is 2.91. The Morgan fingerprint density at radius 2 is 2.20 bits per heavy atom. The molecule has 1 atom stereocenters. The summed E-state index contributed by atoms with van der Waals surface area (Å²) in [6, 6.07) is 0. The molecule has 0 aromatic heterocycles. The van der Waals surface area contributed by atoms with Gasteiger partial charge in [-0.05, 0) is 31.3 Å². The van der Waals surface area contributed by atoms with E-state index in [1.165, 1.54) is 0 Å². The minimum atomic E-state index is -0.866. The second kappa shape index (κ2) is 10.3. The molecule has 0 rings (SSSR count). The molecule has 1 N–H and O–H groups in total. The predicted molar refractivity (Wildman–Crippen MR) is 61.5 cm³/mol. The summed E-state index contributed by atoms with van der Waals surface area (Å²) >= 11 is 1.74. The Kier molecular flexibility index (Phi) is 10.1. The lowest BCUT2D eigenvalue weighted by Crippen LogP contribution is -2.24. The molecule has 90 valence electrons. The Morgan fingerprint density at radius 1 is 1.47 bits per heavy atom. The fourth-order valence-electron chi connectivity index (χ4n) is 1.08. The van der Waals surface area contributed by atoms with Crippen LogP contribution in [0.2, 0.25) is 0 Å². The molecule has 0 aromatic rings. The highest BCUT2D eigenvalue weighted by molar-refractivity contribution is 7.99. The van der Waals surface area contributed by atoms with Crippen LogP contribution in [0.4, 0.5) is 0 Å². The minimum absolute atomic E-state index is 0.450. The average Bonchev–Trinajstić information content (AvgIpc) is 2.21. The Bertz CT molecular complexity index is 164. The van der Waals surface area contributed by atoms with Crippen LogP contribution < -0.4 is 0 Å². The summed E-state index contributed by atoms with van der Waals surface area (Å²) in [5.74, 6) is 0.960. The summed E-state index contributed by atoms with van der Waals surface area (Å²) in [7, 11) is 1.68. The Balaban J connectivity index is 3.41. The molecule has 1 unspecified atom stereocenters. The predicted octanol–water partition coefficient (Wildman–Crippen LogP) is 1.64. The van der Waals surface area contributed by atoms with Gasteiger partial charge in [0.1, 0.15) is 0 Å². The van der Waals surface area contributed by atoms with Crippen molar-refractivity contribution in [1.29, 1.82) is 0 Å². The summed E-state index contributed by atoms with van der Waals surface area (Å²) in [6.07, 6.45) is 0.930. The lowest BCUT2D eigenvalue weighted by Gasteiger charge is -2.11. The van der Waals surface area contributed by atoms with Gasteiger partial charge >= 0.3 is 5.97 Å². The molecule has 15 heavy (non-hydrogen) atoms. The fraction of sp³-hybridized carbons (Fsp3) is 0.900. The van der Waals surface area contributed by atoms with Crippen molar-refractivity contribution in [2.24, 2.45) is 0 Å². The van der Waals surface area contributed by atoms with Gasteiger partial charge in [-0.15, -0.1) is 0 Å². The highest BCUT2D eigenvalue weighted by atomic mass is 32.2. The molecule has 0 radical (unpaired) electrons. The lowest BCUT2D eigenvalue weighted by atomic mass is 10.3. The summed E-state index contributed by atoms with van der Waals surface area (Å²) < 4.78 is 10.0. The minimum Gasteiger partial charge on any atom is -0.479 e.